The van der Waals surface area contributed by atoms with Crippen LogP contribution < -0.4 is 0 Å². The number of hydrogen-bond acceptors (Lipinski definition) is 2. The highest BCUT2D eigenvalue weighted by molar-refractivity contribution is 5.73. The van der Waals surface area contributed by atoms with Crippen molar-refractivity contribution >= 4 is 5.97 Å². The Balaban J connectivity index is 1.53. The quantitative estimate of drug-likeness (QED) is 0.558. The van der Waals surface area contributed by atoms with Gasteiger partial charge in [-0.3, -0.25) is 4.79 Å². The lowest BCUT2D eigenvalue weighted by molar-refractivity contribution is -0.208. The minimum atomic E-state index is -4.14. The molecule has 0 N–H and O–H groups in total. The highest BCUT2D eigenvalue weighted by Gasteiger charge is 2.53. The Kier molecular flexibility index (Phi) is 3.92. The number of esters is 1. The standard InChI is InChI=1S/C16H22F4O2/c1-15(17,18)16(19,20)2-3-22-14(21)13-11-5-9-4-10(7-11)8-12(13)6-9/h9-13H,2-8H2,1H3. The van der Waals surface area contributed by atoms with Gasteiger partial charge in [-0.1, -0.05) is 0 Å². The molecule has 0 radical (unpaired) electrons. The summed E-state index contributed by atoms with van der Waals surface area (Å²) < 4.78 is 56.7. The van der Waals surface area contributed by atoms with E-state index in [-0.39, 0.29) is 12.8 Å². The van der Waals surface area contributed by atoms with Gasteiger partial charge in [0.1, 0.15) is 0 Å². The molecule has 0 unspecified atom stereocenters. The number of carbonyl (C=O) groups is 1. The first kappa shape index (κ1) is 16.1. The largest absolute Gasteiger partial charge is 0.465 e. The van der Waals surface area contributed by atoms with Gasteiger partial charge in [0.15, 0.2) is 0 Å². The summed E-state index contributed by atoms with van der Waals surface area (Å²) in [7, 11) is 0. The van der Waals surface area contributed by atoms with Crippen molar-refractivity contribution in [2.24, 2.45) is 29.6 Å². The third-order valence-corrected chi connectivity index (χ3v) is 5.80. The number of hydrogen-bond donors (Lipinski definition) is 0. The van der Waals surface area contributed by atoms with E-state index >= 15 is 0 Å². The molecule has 0 aromatic rings. The van der Waals surface area contributed by atoms with E-state index in [4.69, 9.17) is 4.74 Å². The Bertz CT molecular complexity index is 416. The minimum Gasteiger partial charge on any atom is -0.465 e. The topological polar surface area (TPSA) is 26.3 Å². The van der Waals surface area contributed by atoms with Crippen molar-refractivity contribution in [1.82, 2.24) is 0 Å². The zero-order valence-electron chi connectivity index (χ0n) is 12.7. The Labute approximate surface area is 127 Å². The van der Waals surface area contributed by atoms with Crippen molar-refractivity contribution in [3.63, 3.8) is 0 Å². The molecule has 4 aliphatic rings. The highest BCUT2D eigenvalue weighted by Crippen LogP contribution is 2.56. The first-order valence-corrected chi connectivity index (χ1v) is 8.09. The summed E-state index contributed by atoms with van der Waals surface area (Å²) in [6, 6.07) is 0. The Morgan fingerprint density at radius 1 is 1.00 bits per heavy atom. The van der Waals surface area contributed by atoms with E-state index in [2.05, 4.69) is 0 Å². The smallest absolute Gasteiger partial charge is 0.313 e. The summed E-state index contributed by atoms with van der Waals surface area (Å²) in [5, 5.41) is 0. The third-order valence-electron chi connectivity index (χ3n) is 5.80. The maximum absolute atomic E-state index is 13.2. The zero-order chi connectivity index (χ0) is 16.1. The van der Waals surface area contributed by atoms with Gasteiger partial charge in [0, 0.05) is 6.92 Å². The van der Waals surface area contributed by atoms with Crippen LogP contribution in [-0.4, -0.2) is 24.4 Å². The molecule has 4 saturated carbocycles. The molecule has 0 aliphatic heterocycles. The Hall–Kier alpha value is -0.810. The van der Waals surface area contributed by atoms with Crippen LogP contribution >= 0.6 is 0 Å². The minimum absolute atomic E-state index is 0.187. The first-order chi connectivity index (χ1) is 10.2. The van der Waals surface area contributed by atoms with Gasteiger partial charge < -0.3 is 4.74 Å². The number of rotatable bonds is 5. The van der Waals surface area contributed by atoms with Crippen LogP contribution in [0, 0.1) is 29.6 Å². The summed E-state index contributed by atoms with van der Waals surface area (Å²) in [6.45, 7) is -0.454. The molecule has 22 heavy (non-hydrogen) atoms. The lowest BCUT2D eigenvalue weighted by Gasteiger charge is -2.53. The molecule has 2 nitrogen and oxygen atoms in total. The van der Waals surface area contributed by atoms with Gasteiger partial charge in [-0.2, -0.15) is 8.78 Å². The van der Waals surface area contributed by atoms with Crippen LogP contribution in [0.5, 0.6) is 0 Å². The zero-order valence-corrected chi connectivity index (χ0v) is 12.7. The molecule has 0 heterocycles. The van der Waals surface area contributed by atoms with Crippen molar-refractivity contribution in [3.8, 4) is 0 Å². The fraction of sp³-hybridized carbons (Fsp3) is 0.938. The molecule has 0 aromatic carbocycles. The van der Waals surface area contributed by atoms with Crippen molar-refractivity contribution in [2.75, 3.05) is 6.61 Å². The summed E-state index contributed by atoms with van der Waals surface area (Å²) in [6.07, 6.45) is 4.22. The monoisotopic (exact) mass is 322 g/mol. The first-order valence-electron chi connectivity index (χ1n) is 8.09. The number of halogens is 4. The van der Waals surface area contributed by atoms with Crippen molar-refractivity contribution < 1.29 is 27.1 Å². The van der Waals surface area contributed by atoms with Crippen LogP contribution in [-0.2, 0) is 9.53 Å². The van der Waals surface area contributed by atoms with Gasteiger partial charge in [-0.25, -0.2) is 8.78 Å². The third kappa shape index (κ3) is 2.85. The SMILES string of the molecule is CC(F)(F)C(F)(F)CCOC(=O)C1C2CC3CC(C2)CC1C3. The van der Waals surface area contributed by atoms with Crippen LogP contribution in [0.4, 0.5) is 17.6 Å². The van der Waals surface area contributed by atoms with Crippen LogP contribution in [0.3, 0.4) is 0 Å². The summed E-state index contributed by atoms with van der Waals surface area (Å²) in [4.78, 5) is 12.2. The fourth-order valence-electron chi connectivity index (χ4n) is 4.91. The molecule has 6 heteroatoms. The van der Waals surface area contributed by atoms with E-state index in [1.165, 1.54) is 6.42 Å². The van der Waals surface area contributed by atoms with Crippen molar-refractivity contribution in [1.29, 1.82) is 0 Å². The lowest BCUT2D eigenvalue weighted by Crippen LogP contribution is -2.48. The van der Waals surface area contributed by atoms with E-state index in [1.807, 2.05) is 0 Å². The second kappa shape index (κ2) is 5.38. The summed E-state index contributed by atoms with van der Waals surface area (Å²) in [5.41, 5.74) is 0. The predicted octanol–water partition coefficient (Wildman–Crippen LogP) is 4.28. The molecule has 0 aromatic heterocycles. The van der Waals surface area contributed by atoms with Gasteiger partial charge >= 0.3 is 17.8 Å². The molecule has 126 valence electrons. The fourth-order valence-corrected chi connectivity index (χ4v) is 4.91. The van der Waals surface area contributed by atoms with Gasteiger partial charge in [0.2, 0.25) is 0 Å². The second-order valence-corrected chi connectivity index (χ2v) is 7.47. The summed E-state index contributed by atoms with van der Waals surface area (Å²) in [5.74, 6) is -6.88. The van der Waals surface area contributed by atoms with Crippen LogP contribution in [0.25, 0.3) is 0 Å². The molecule has 0 amide bonds. The van der Waals surface area contributed by atoms with Gasteiger partial charge in [0.05, 0.1) is 18.9 Å². The van der Waals surface area contributed by atoms with Crippen molar-refractivity contribution in [3.05, 3.63) is 0 Å². The average Bonchev–Trinajstić information content (AvgIpc) is 2.35. The maximum atomic E-state index is 13.2. The molecule has 4 bridgehead atoms. The Morgan fingerprint density at radius 2 is 1.50 bits per heavy atom. The normalized spacial score (nSPS) is 37.4. The second-order valence-electron chi connectivity index (χ2n) is 7.47. The molecule has 4 fully saturated rings. The van der Waals surface area contributed by atoms with Gasteiger partial charge in [0.25, 0.3) is 0 Å². The molecule has 4 rings (SSSR count). The average molecular weight is 322 g/mol. The number of alkyl halides is 4. The Morgan fingerprint density at radius 3 is 1.95 bits per heavy atom. The van der Waals surface area contributed by atoms with Crippen LogP contribution in [0.15, 0.2) is 0 Å². The van der Waals surface area contributed by atoms with Crippen LogP contribution in [0.1, 0.15) is 45.4 Å². The highest BCUT2D eigenvalue weighted by atomic mass is 19.3. The van der Waals surface area contributed by atoms with E-state index < -0.39 is 30.8 Å². The number of carbonyl (C=O) groups excluding carboxylic acids is 1. The molecule has 0 spiro atoms. The summed E-state index contributed by atoms with van der Waals surface area (Å²) >= 11 is 0. The predicted molar refractivity (Wildman–Crippen MR) is 71.7 cm³/mol. The van der Waals surface area contributed by atoms with E-state index in [0.29, 0.717) is 23.7 Å². The van der Waals surface area contributed by atoms with Crippen molar-refractivity contribution in [2.45, 2.75) is 57.3 Å². The molecule has 0 atom stereocenters. The molecule has 4 aliphatic carbocycles. The molecular formula is C16H22F4O2. The van der Waals surface area contributed by atoms with Gasteiger partial charge in [-0.05, 0) is 55.8 Å². The molecule has 0 saturated heterocycles. The lowest BCUT2D eigenvalue weighted by atomic mass is 9.52. The van der Waals surface area contributed by atoms with E-state index in [0.717, 1.165) is 25.7 Å². The van der Waals surface area contributed by atoms with Crippen LogP contribution in [0.2, 0.25) is 0 Å². The maximum Gasteiger partial charge on any atom is 0.313 e. The van der Waals surface area contributed by atoms with E-state index in [1.54, 1.807) is 0 Å². The molecular weight excluding hydrogens is 300 g/mol. The van der Waals surface area contributed by atoms with Gasteiger partial charge in [-0.15, -0.1) is 0 Å². The number of ether oxygens (including phenoxy) is 1. The van der Waals surface area contributed by atoms with E-state index in [9.17, 15) is 22.4 Å².